The van der Waals surface area contributed by atoms with Gasteiger partial charge in [0.1, 0.15) is 6.61 Å². The van der Waals surface area contributed by atoms with Crippen LogP contribution in [0.25, 0.3) is 0 Å². The van der Waals surface area contributed by atoms with Crippen LogP contribution in [0.2, 0.25) is 5.02 Å². The van der Waals surface area contributed by atoms with Crippen molar-refractivity contribution in [3.63, 3.8) is 0 Å². The molecule has 0 spiro atoms. The van der Waals surface area contributed by atoms with Crippen molar-refractivity contribution in [2.24, 2.45) is 0 Å². The second-order valence-corrected chi connectivity index (χ2v) is 4.48. The lowest BCUT2D eigenvalue weighted by Gasteiger charge is -2.27. The number of rotatable bonds is 1. The number of ether oxygens (including phenoxy) is 1. The van der Waals surface area contributed by atoms with Crippen molar-refractivity contribution >= 4 is 39.1 Å². The number of benzene rings is 1. The quantitative estimate of drug-likeness (QED) is 0.795. The molecule has 1 aliphatic heterocycles. The van der Waals surface area contributed by atoms with Gasteiger partial charge in [-0.3, -0.25) is 4.79 Å². The van der Waals surface area contributed by atoms with Crippen molar-refractivity contribution < 1.29 is 9.53 Å². The SMILES string of the molecule is O=C1COCCN1c1ccc(Cl)cc1Br. The molecule has 3 nitrogen and oxygen atoms in total. The molecule has 1 amide bonds. The van der Waals surface area contributed by atoms with Gasteiger partial charge >= 0.3 is 0 Å². The normalized spacial score (nSPS) is 16.9. The summed E-state index contributed by atoms with van der Waals surface area (Å²) in [5.74, 6) is -0.0238. The molecular formula is C10H9BrClNO2. The molecule has 0 bridgehead atoms. The van der Waals surface area contributed by atoms with E-state index in [0.717, 1.165) is 10.2 Å². The van der Waals surface area contributed by atoms with Gasteiger partial charge < -0.3 is 9.64 Å². The van der Waals surface area contributed by atoms with E-state index in [1.165, 1.54) is 0 Å². The highest BCUT2D eigenvalue weighted by Crippen LogP contribution is 2.29. The minimum atomic E-state index is -0.0238. The average molecular weight is 291 g/mol. The molecule has 1 saturated heterocycles. The zero-order valence-corrected chi connectivity index (χ0v) is 10.2. The molecular weight excluding hydrogens is 281 g/mol. The predicted octanol–water partition coefficient (Wildman–Crippen LogP) is 2.47. The molecule has 15 heavy (non-hydrogen) atoms. The fourth-order valence-electron chi connectivity index (χ4n) is 1.47. The number of hydrogen-bond donors (Lipinski definition) is 0. The fraction of sp³-hybridized carbons (Fsp3) is 0.300. The molecule has 0 atom stereocenters. The van der Waals surface area contributed by atoms with E-state index >= 15 is 0 Å². The maximum absolute atomic E-state index is 11.6. The van der Waals surface area contributed by atoms with Crippen LogP contribution >= 0.6 is 27.5 Å². The van der Waals surface area contributed by atoms with Gasteiger partial charge in [-0.2, -0.15) is 0 Å². The van der Waals surface area contributed by atoms with Crippen molar-refractivity contribution in [3.05, 3.63) is 27.7 Å². The average Bonchev–Trinajstić information content (AvgIpc) is 2.20. The summed E-state index contributed by atoms with van der Waals surface area (Å²) < 4.78 is 5.89. The Balaban J connectivity index is 2.31. The van der Waals surface area contributed by atoms with Crippen LogP contribution in [-0.2, 0) is 9.53 Å². The maximum Gasteiger partial charge on any atom is 0.253 e. The number of carbonyl (C=O) groups excluding carboxylic acids is 1. The molecule has 0 N–H and O–H groups in total. The zero-order chi connectivity index (χ0) is 10.8. The Labute approximate surface area is 101 Å². The summed E-state index contributed by atoms with van der Waals surface area (Å²) >= 11 is 9.23. The molecule has 0 aliphatic carbocycles. The molecule has 0 saturated carbocycles. The van der Waals surface area contributed by atoms with Crippen LogP contribution in [0.4, 0.5) is 5.69 Å². The van der Waals surface area contributed by atoms with E-state index in [2.05, 4.69) is 15.9 Å². The highest BCUT2D eigenvalue weighted by Gasteiger charge is 2.21. The lowest BCUT2D eigenvalue weighted by molar-refractivity contribution is -0.125. The standard InChI is InChI=1S/C10H9BrClNO2/c11-8-5-7(12)1-2-9(8)13-3-4-15-6-10(13)14/h1-2,5H,3-4,6H2. The molecule has 1 aliphatic rings. The van der Waals surface area contributed by atoms with Gasteiger partial charge in [-0.25, -0.2) is 0 Å². The van der Waals surface area contributed by atoms with Gasteiger partial charge in [0.25, 0.3) is 5.91 Å². The second-order valence-electron chi connectivity index (χ2n) is 3.19. The van der Waals surface area contributed by atoms with E-state index in [0.29, 0.717) is 18.2 Å². The van der Waals surface area contributed by atoms with E-state index in [-0.39, 0.29) is 12.5 Å². The van der Waals surface area contributed by atoms with E-state index in [1.807, 2.05) is 6.07 Å². The summed E-state index contributed by atoms with van der Waals surface area (Å²) in [6.45, 7) is 1.30. The Morgan fingerprint density at radius 1 is 1.47 bits per heavy atom. The molecule has 2 rings (SSSR count). The Kier molecular flexibility index (Phi) is 3.29. The summed E-state index contributed by atoms with van der Waals surface area (Å²) in [5.41, 5.74) is 0.840. The van der Waals surface area contributed by atoms with Crippen molar-refractivity contribution in [2.45, 2.75) is 0 Å². The van der Waals surface area contributed by atoms with Crippen LogP contribution in [0.15, 0.2) is 22.7 Å². The molecule has 1 aromatic rings. The van der Waals surface area contributed by atoms with Gasteiger partial charge in [0.15, 0.2) is 0 Å². The third-order valence-corrected chi connectivity index (χ3v) is 3.06. The number of hydrogen-bond acceptors (Lipinski definition) is 2. The van der Waals surface area contributed by atoms with Crippen LogP contribution in [0.5, 0.6) is 0 Å². The van der Waals surface area contributed by atoms with Crippen molar-refractivity contribution in [1.82, 2.24) is 0 Å². The van der Waals surface area contributed by atoms with Crippen LogP contribution < -0.4 is 4.90 Å². The summed E-state index contributed by atoms with van der Waals surface area (Å²) in [6.07, 6.45) is 0. The Hall–Kier alpha value is -0.580. The first-order chi connectivity index (χ1) is 7.18. The lowest BCUT2D eigenvalue weighted by atomic mass is 10.2. The second kappa shape index (κ2) is 4.51. The minimum Gasteiger partial charge on any atom is -0.370 e. The minimum absolute atomic E-state index is 0.0238. The van der Waals surface area contributed by atoms with Gasteiger partial charge in [-0.1, -0.05) is 11.6 Å². The lowest BCUT2D eigenvalue weighted by Crippen LogP contribution is -2.41. The van der Waals surface area contributed by atoms with Gasteiger partial charge in [0, 0.05) is 16.0 Å². The third-order valence-electron chi connectivity index (χ3n) is 2.19. The van der Waals surface area contributed by atoms with Crippen molar-refractivity contribution in [3.8, 4) is 0 Å². The van der Waals surface area contributed by atoms with E-state index < -0.39 is 0 Å². The number of anilines is 1. The number of carbonyl (C=O) groups is 1. The Morgan fingerprint density at radius 2 is 2.27 bits per heavy atom. The molecule has 0 aromatic heterocycles. The highest BCUT2D eigenvalue weighted by molar-refractivity contribution is 9.10. The fourth-order valence-corrected chi connectivity index (χ4v) is 2.37. The predicted molar refractivity (Wildman–Crippen MR) is 62.3 cm³/mol. The van der Waals surface area contributed by atoms with Crippen molar-refractivity contribution in [1.29, 1.82) is 0 Å². The molecule has 0 unspecified atom stereocenters. The molecule has 80 valence electrons. The van der Waals surface area contributed by atoms with E-state index in [4.69, 9.17) is 16.3 Å². The smallest absolute Gasteiger partial charge is 0.253 e. The number of morpholine rings is 1. The summed E-state index contributed by atoms with van der Waals surface area (Å²) in [5, 5.41) is 0.645. The maximum atomic E-state index is 11.6. The molecule has 5 heteroatoms. The van der Waals surface area contributed by atoms with E-state index in [9.17, 15) is 4.79 Å². The van der Waals surface area contributed by atoms with Crippen LogP contribution in [-0.4, -0.2) is 25.7 Å². The monoisotopic (exact) mass is 289 g/mol. The largest absolute Gasteiger partial charge is 0.370 e. The molecule has 1 fully saturated rings. The highest BCUT2D eigenvalue weighted by atomic mass is 79.9. The first kappa shape index (κ1) is 10.9. The topological polar surface area (TPSA) is 29.5 Å². The first-order valence-corrected chi connectivity index (χ1v) is 5.69. The summed E-state index contributed by atoms with van der Waals surface area (Å²) in [6, 6.07) is 5.37. The third kappa shape index (κ3) is 2.33. The van der Waals surface area contributed by atoms with Crippen LogP contribution in [0, 0.1) is 0 Å². The molecule has 1 heterocycles. The van der Waals surface area contributed by atoms with Gasteiger partial charge in [0.2, 0.25) is 0 Å². The summed E-state index contributed by atoms with van der Waals surface area (Å²) in [4.78, 5) is 13.3. The summed E-state index contributed by atoms with van der Waals surface area (Å²) in [7, 11) is 0. The van der Waals surface area contributed by atoms with Crippen LogP contribution in [0.1, 0.15) is 0 Å². The van der Waals surface area contributed by atoms with Gasteiger partial charge in [0.05, 0.1) is 12.3 Å². The molecule has 1 aromatic carbocycles. The first-order valence-electron chi connectivity index (χ1n) is 4.51. The van der Waals surface area contributed by atoms with Crippen LogP contribution in [0.3, 0.4) is 0 Å². The molecule has 0 radical (unpaired) electrons. The Morgan fingerprint density at radius 3 is 2.93 bits per heavy atom. The number of nitrogens with zero attached hydrogens (tertiary/aromatic N) is 1. The van der Waals surface area contributed by atoms with Crippen molar-refractivity contribution in [2.75, 3.05) is 24.7 Å². The van der Waals surface area contributed by atoms with Gasteiger partial charge in [-0.15, -0.1) is 0 Å². The van der Waals surface area contributed by atoms with E-state index in [1.54, 1.807) is 17.0 Å². The number of halogens is 2. The zero-order valence-electron chi connectivity index (χ0n) is 7.87. The Bertz CT molecular complexity index is 397. The number of amides is 1. The van der Waals surface area contributed by atoms with Gasteiger partial charge in [-0.05, 0) is 34.1 Å².